The second-order valence-electron chi connectivity index (χ2n) is 1.16. The van der Waals surface area contributed by atoms with E-state index >= 15 is 0 Å². The Morgan fingerprint density at radius 2 is 2.29 bits per heavy atom. The van der Waals surface area contributed by atoms with Crippen LogP contribution >= 0.6 is 45.2 Å². The molecule has 0 radical (unpaired) electrons. The second-order valence-corrected chi connectivity index (χ2v) is 3.43. The molecule has 0 heterocycles. The molecule has 0 rings (SSSR count). The summed E-state index contributed by atoms with van der Waals surface area (Å²) in [5.41, 5.74) is 0. The summed E-state index contributed by atoms with van der Waals surface area (Å²) < 4.78 is 2.61. The zero-order valence-electron chi connectivity index (χ0n) is 4.25. The van der Waals surface area contributed by atoms with Gasteiger partial charge in [0.25, 0.3) is 0 Å². The third kappa shape index (κ3) is 5.06. The van der Waals surface area contributed by atoms with E-state index in [0.29, 0.717) is 0 Å². The minimum atomic E-state index is 1.14. The molecule has 0 fully saturated rings. The molecule has 0 aliphatic rings. The van der Waals surface area contributed by atoms with Crippen LogP contribution in [-0.2, 0) is 0 Å². The van der Waals surface area contributed by atoms with Gasteiger partial charge in [-0.2, -0.15) is 0 Å². The van der Waals surface area contributed by atoms with Crippen LogP contribution in [0.25, 0.3) is 0 Å². The number of hydrogen-bond acceptors (Lipinski definition) is 0. The SMILES string of the molecule is CCC(I)=CCI. The molecular weight excluding hydrogens is 314 g/mol. The highest BCUT2D eigenvalue weighted by Crippen LogP contribution is 2.09. The maximum absolute atomic E-state index is 2.36. The smallest absolute Gasteiger partial charge is 0.0186 e. The topological polar surface area (TPSA) is 0 Å². The van der Waals surface area contributed by atoms with Crippen LogP contribution in [0.3, 0.4) is 0 Å². The largest absolute Gasteiger partial charge is 0.0818 e. The lowest BCUT2D eigenvalue weighted by Crippen LogP contribution is -1.64. The third-order valence-electron chi connectivity index (χ3n) is 0.636. The van der Waals surface area contributed by atoms with Crippen LogP contribution in [0.4, 0.5) is 0 Å². The van der Waals surface area contributed by atoms with E-state index in [0.717, 1.165) is 4.43 Å². The Morgan fingerprint density at radius 1 is 1.71 bits per heavy atom. The quantitative estimate of drug-likeness (QED) is 0.541. The van der Waals surface area contributed by atoms with E-state index in [2.05, 4.69) is 58.2 Å². The average Bonchev–Trinajstić information content (AvgIpc) is 1.68. The summed E-state index contributed by atoms with van der Waals surface area (Å²) in [6, 6.07) is 0. The van der Waals surface area contributed by atoms with Crippen molar-refractivity contribution in [1.82, 2.24) is 0 Å². The van der Waals surface area contributed by atoms with Gasteiger partial charge < -0.3 is 0 Å². The molecule has 7 heavy (non-hydrogen) atoms. The number of hydrogen-bond donors (Lipinski definition) is 0. The summed E-state index contributed by atoms with van der Waals surface area (Å²) in [4.78, 5) is 0. The first kappa shape index (κ1) is 8.20. The molecule has 2 heteroatoms. The highest BCUT2D eigenvalue weighted by Gasteiger charge is 1.79. The van der Waals surface area contributed by atoms with E-state index in [9.17, 15) is 0 Å². The van der Waals surface area contributed by atoms with Gasteiger partial charge in [-0.1, -0.05) is 35.6 Å². The van der Waals surface area contributed by atoms with Crippen molar-refractivity contribution in [2.75, 3.05) is 4.43 Å². The fourth-order valence-corrected chi connectivity index (χ4v) is 1.82. The Hall–Kier alpha value is 1.20. The monoisotopic (exact) mass is 322 g/mol. The summed E-state index contributed by atoms with van der Waals surface area (Å²) >= 11 is 4.71. The Labute approximate surface area is 72.0 Å². The van der Waals surface area contributed by atoms with Crippen molar-refractivity contribution >= 4 is 45.2 Å². The fraction of sp³-hybridized carbons (Fsp3) is 0.600. The predicted octanol–water partition coefficient (Wildman–Crippen LogP) is 3.15. The summed E-state index contributed by atoms with van der Waals surface area (Å²) in [7, 11) is 0. The zero-order valence-corrected chi connectivity index (χ0v) is 8.56. The molecule has 0 nitrogen and oxygen atoms in total. The van der Waals surface area contributed by atoms with E-state index in [-0.39, 0.29) is 0 Å². The summed E-state index contributed by atoms with van der Waals surface area (Å²) in [6.07, 6.45) is 3.42. The lowest BCUT2D eigenvalue weighted by molar-refractivity contribution is 1.21. The van der Waals surface area contributed by atoms with Crippen molar-refractivity contribution in [2.24, 2.45) is 0 Å². The normalized spacial score (nSPS) is 12.1. The van der Waals surface area contributed by atoms with Gasteiger partial charge in [-0.15, -0.1) is 0 Å². The van der Waals surface area contributed by atoms with E-state index in [1.807, 2.05) is 0 Å². The van der Waals surface area contributed by atoms with E-state index < -0.39 is 0 Å². The Kier molecular flexibility index (Phi) is 6.25. The van der Waals surface area contributed by atoms with Crippen LogP contribution < -0.4 is 0 Å². The highest BCUT2D eigenvalue weighted by molar-refractivity contribution is 14.1. The molecule has 42 valence electrons. The van der Waals surface area contributed by atoms with Crippen molar-refractivity contribution in [3.05, 3.63) is 9.66 Å². The van der Waals surface area contributed by atoms with Gasteiger partial charge in [0.15, 0.2) is 0 Å². The van der Waals surface area contributed by atoms with Crippen LogP contribution in [0.15, 0.2) is 9.66 Å². The van der Waals surface area contributed by atoms with Gasteiger partial charge in [0.1, 0.15) is 0 Å². The first-order chi connectivity index (χ1) is 3.31. The first-order valence-corrected chi connectivity index (χ1v) is 4.82. The van der Waals surface area contributed by atoms with E-state index in [1.165, 1.54) is 10.0 Å². The molecule has 0 aromatic heterocycles. The van der Waals surface area contributed by atoms with Crippen LogP contribution in [0.2, 0.25) is 0 Å². The van der Waals surface area contributed by atoms with Gasteiger partial charge in [-0.25, -0.2) is 0 Å². The molecule has 0 aromatic rings. The van der Waals surface area contributed by atoms with Crippen LogP contribution in [0.5, 0.6) is 0 Å². The molecule has 0 bridgehead atoms. The van der Waals surface area contributed by atoms with Crippen molar-refractivity contribution < 1.29 is 0 Å². The molecule has 0 aromatic carbocycles. The minimum absolute atomic E-state index is 1.14. The van der Waals surface area contributed by atoms with Gasteiger partial charge in [-0.05, 0) is 32.6 Å². The molecular formula is C5H8I2. The lowest BCUT2D eigenvalue weighted by atomic mass is 10.4. The van der Waals surface area contributed by atoms with Gasteiger partial charge in [0.05, 0.1) is 0 Å². The van der Waals surface area contributed by atoms with Crippen molar-refractivity contribution in [2.45, 2.75) is 13.3 Å². The van der Waals surface area contributed by atoms with Crippen LogP contribution in [0.1, 0.15) is 13.3 Å². The number of alkyl halides is 1. The van der Waals surface area contributed by atoms with Crippen molar-refractivity contribution in [3.8, 4) is 0 Å². The second kappa shape index (κ2) is 5.34. The molecule has 0 amide bonds. The van der Waals surface area contributed by atoms with E-state index in [1.54, 1.807) is 0 Å². The van der Waals surface area contributed by atoms with Gasteiger partial charge in [0, 0.05) is 4.43 Å². The summed E-state index contributed by atoms with van der Waals surface area (Å²) in [5.74, 6) is 0. The maximum Gasteiger partial charge on any atom is 0.0186 e. The maximum atomic E-state index is 2.36. The van der Waals surface area contributed by atoms with Crippen LogP contribution in [0, 0.1) is 0 Å². The van der Waals surface area contributed by atoms with Gasteiger partial charge in [0.2, 0.25) is 0 Å². The van der Waals surface area contributed by atoms with Crippen molar-refractivity contribution in [1.29, 1.82) is 0 Å². The number of rotatable bonds is 2. The van der Waals surface area contributed by atoms with E-state index in [4.69, 9.17) is 0 Å². The van der Waals surface area contributed by atoms with Crippen molar-refractivity contribution in [3.63, 3.8) is 0 Å². The molecule has 0 aliphatic carbocycles. The molecule has 0 saturated carbocycles. The van der Waals surface area contributed by atoms with Gasteiger partial charge >= 0.3 is 0 Å². The molecule has 0 N–H and O–H groups in total. The first-order valence-electron chi connectivity index (χ1n) is 2.21. The summed E-state index contributed by atoms with van der Waals surface area (Å²) in [6.45, 7) is 2.17. The number of allylic oxidation sites excluding steroid dienone is 2. The fourth-order valence-electron chi connectivity index (χ4n) is 0.228. The standard InChI is InChI=1S/C5H8I2/c1-2-5(7)3-4-6/h3H,2,4H2,1H3. The molecule has 0 aliphatic heterocycles. The number of halogens is 2. The van der Waals surface area contributed by atoms with Gasteiger partial charge in [-0.3, -0.25) is 0 Å². The Bertz CT molecular complexity index is 66.5. The predicted molar refractivity (Wildman–Crippen MR) is 51.3 cm³/mol. The molecule has 0 saturated heterocycles. The third-order valence-corrected chi connectivity index (χ3v) is 2.28. The average molecular weight is 322 g/mol. The summed E-state index contributed by atoms with van der Waals surface area (Å²) in [5, 5.41) is 0. The molecule has 0 spiro atoms. The zero-order chi connectivity index (χ0) is 5.70. The Morgan fingerprint density at radius 3 is 2.43 bits per heavy atom. The van der Waals surface area contributed by atoms with Crippen LogP contribution in [-0.4, -0.2) is 4.43 Å². The minimum Gasteiger partial charge on any atom is -0.0818 e. The molecule has 0 unspecified atom stereocenters. The lowest BCUT2D eigenvalue weighted by Gasteiger charge is -1.85. The Balaban J connectivity index is 3.29. The highest BCUT2D eigenvalue weighted by atomic mass is 127. The molecule has 0 atom stereocenters.